The highest BCUT2D eigenvalue weighted by molar-refractivity contribution is 7.91. The van der Waals surface area contributed by atoms with Crippen molar-refractivity contribution in [1.82, 2.24) is 9.80 Å². The largest absolute Gasteiger partial charge is 0.393 e. The number of aliphatic hydroxyl groups excluding tert-OH is 2. The molecule has 0 radical (unpaired) electrons. The lowest BCUT2D eigenvalue weighted by Gasteiger charge is -2.63. The number of hydrogen-bond donors (Lipinski definition) is 2. The minimum atomic E-state index is -3.13. The minimum Gasteiger partial charge on any atom is -0.393 e. The smallest absolute Gasteiger partial charge is 0.274 e. The van der Waals surface area contributed by atoms with Crippen molar-refractivity contribution >= 4 is 15.7 Å². The summed E-state index contributed by atoms with van der Waals surface area (Å²) in [6.45, 7) is 16.5. The van der Waals surface area contributed by atoms with E-state index in [1.807, 2.05) is 11.8 Å². The summed E-state index contributed by atoms with van der Waals surface area (Å²) in [7, 11) is -3.13. The first-order valence-electron chi connectivity index (χ1n) is 18.3. The molecule has 11 atom stereocenters. The van der Waals surface area contributed by atoms with E-state index in [2.05, 4.69) is 46.4 Å². The van der Waals surface area contributed by atoms with Crippen LogP contribution >= 0.6 is 0 Å². The highest BCUT2D eigenvalue weighted by Crippen LogP contribution is 2.69. The SMILES string of the molecule is CC(C)N(CCN(C(=O)CC[C@@H](C)C1CCC2C3C(CC[C@@]21C)[C@@]1(C)CC(F)(F)[C@H](O)C[C@H]1C[C@@H]3O)C1CCS(=O)(=O)C1)C(C)C. The van der Waals surface area contributed by atoms with Crippen molar-refractivity contribution in [2.45, 2.75) is 149 Å². The average Bonchev–Trinajstić information content (AvgIpc) is 3.49. The van der Waals surface area contributed by atoms with Gasteiger partial charge in [-0.05, 0) is 125 Å². The van der Waals surface area contributed by atoms with Gasteiger partial charge >= 0.3 is 0 Å². The number of alkyl halides is 2. The first kappa shape index (κ1) is 36.4. The summed E-state index contributed by atoms with van der Waals surface area (Å²) in [6, 6.07) is 0.393. The Balaban J connectivity index is 1.26. The van der Waals surface area contributed by atoms with E-state index in [1.165, 1.54) is 0 Å². The van der Waals surface area contributed by atoms with Crippen LogP contribution in [0.2, 0.25) is 0 Å². The zero-order chi connectivity index (χ0) is 34.0. The van der Waals surface area contributed by atoms with Gasteiger partial charge in [-0.25, -0.2) is 17.2 Å². The molecule has 2 N–H and O–H groups in total. The van der Waals surface area contributed by atoms with E-state index in [4.69, 9.17) is 0 Å². The maximum atomic E-state index is 14.9. The number of aliphatic hydroxyl groups is 2. The third-order valence-electron chi connectivity index (χ3n) is 14.2. The summed E-state index contributed by atoms with van der Waals surface area (Å²) < 4.78 is 54.6. The van der Waals surface area contributed by atoms with Gasteiger partial charge in [0, 0.05) is 44.1 Å². The third kappa shape index (κ3) is 6.68. The van der Waals surface area contributed by atoms with Crippen molar-refractivity contribution in [3.63, 3.8) is 0 Å². The van der Waals surface area contributed by atoms with Gasteiger partial charge in [-0.3, -0.25) is 9.69 Å². The zero-order valence-electron chi connectivity index (χ0n) is 29.4. The second kappa shape index (κ2) is 13.1. The van der Waals surface area contributed by atoms with E-state index in [9.17, 15) is 32.2 Å². The Morgan fingerprint density at radius 1 is 0.913 bits per heavy atom. The summed E-state index contributed by atoms with van der Waals surface area (Å²) in [6.07, 6.45) is 3.49. The molecule has 1 aliphatic heterocycles. The van der Waals surface area contributed by atoms with Crippen molar-refractivity contribution in [3.05, 3.63) is 0 Å². The van der Waals surface area contributed by atoms with Crippen LogP contribution in [0.4, 0.5) is 8.78 Å². The number of halogens is 2. The second-order valence-electron chi connectivity index (χ2n) is 17.3. The molecule has 10 heteroatoms. The van der Waals surface area contributed by atoms with Gasteiger partial charge < -0.3 is 15.1 Å². The van der Waals surface area contributed by atoms with Crippen molar-refractivity contribution in [1.29, 1.82) is 0 Å². The van der Waals surface area contributed by atoms with Crippen LogP contribution in [-0.4, -0.2) is 95.2 Å². The molecule has 1 heterocycles. The number of hydrogen-bond acceptors (Lipinski definition) is 6. The Kier molecular flexibility index (Phi) is 10.4. The molecular formula is C36H62F2N2O5S. The molecule has 0 aromatic heterocycles. The molecule has 46 heavy (non-hydrogen) atoms. The summed E-state index contributed by atoms with van der Waals surface area (Å²) in [5.74, 6) is -1.98. The highest BCUT2D eigenvalue weighted by Gasteiger charge is 2.66. The van der Waals surface area contributed by atoms with Crippen LogP contribution in [0.3, 0.4) is 0 Å². The van der Waals surface area contributed by atoms with Gasteiger partial charge in [0.1, 0.15) is 6.10 Å². The fourth-order valence-electron chi connectivity index (χ4n) is 11.8. The maximum Gasteiger partial charge on any atom is 0.274 e. The van der Waals surface area contributed by atoms with E-state index in [0.717, 1.165) is 32.1 Å². The number of rotatable bonds is 10. The normalized spacial score (nSPS) is 42.1. The molecule has 4 saturated carbocycles. The van der Waals surface area contributed by atoms with Crippen molar-refractivity contribution in [2.24, 2.45) is 46.3 Å². The molecule has 266 valence electrons. The fraction of sp³-hybridized carbons (Fsp3) is 0.972. The Labute approximate surface area is 277 Å². The molecule has 5 rings (SSSR count). The van der Waals surface area contributed by atoms with Crippen LogP contribution in [0.15, 0.2) is 0 Å². The third-order valence-corrected chi connectivity index (χ3v) is 15.9. The van der Waals surface area contributed by atoms with Crippen LogP contribution in [-0.2, 0) is 14.6 Å². The van der Waals surface area contributed by atoms with Gasteiger partial charge in [0.25, 0.3) is 5.92 Å². The monoisotopic (exact) mass is 672 g/mol. The van der Waals surface area contributed by atoms with E-state index in [1.54, 1.807) is 0 Å². The van der Waals surface area contributed by atoms with Gasteiger partial charge in [0.2, 0.25) is 5.91 Å². The maximum absolute atomic E-state index is 14.9. The molecule has 1 saturated heterocycles. The van der Waals surface area contributed by atoms with Gasteiger partial charge in [-0.15, -0.1) is 0 Å². The standard InChI is InChI=1S/C36H62F2N2O5S/c1-22(2)39(23(3)4)15-16-40(26-13-17-46(44,45)20-26)32(43)11-8-24(5)27-9-10-28-33-29(12-14-34(27,28)6)35(7)21-36(37,38)31(42)19-25(35)18-30(33)41/h22-31,33,41-42H,8-21H2,1-7H3/t24-,25-,26?,27?,28?,29?,30+,31-,33?,34-,35+/m1/s1. The van der Waals surface area contributed by atoms with Gasteiger partial charge in [0.05, 0.1) is 17.6 Å². The molecule has 7 nitrogen and oxygen atoms in total. The molecule has 5 unspecified atom stereocenters. The van der Waals surface area contributed by atoms with Gasteiger partial charge in [-0.2, -0.15) is 0 Å². The number of carbonyl (C=O) groups is 1. The molecule has 5 fully saturated rings. The molecule has 0 aromatic rings. The summed E-state index contributed by atoms with van der Waals surface area (Å²) in [4.78, 5) is 18.1. The Morgan fingerprint density at radius 3 is 2.17 bits per heavy atom. The van der Waals surface area contributed by atoms with E-state index >= 15 is 0 Å². The van der Waals surface area contributed by atoms with Gasteiger partial charge in [0.15, 0.2) is 9.84 Å². The first-order chi connectivity index (χ1) is 21.3. The van der Waals surface area contributed by atoms with Crippen LogP contribution in [0.1, 0.15) is 113 Å². The van der Waals surface area contributed by atoms with Gasteiger partial charge in [-0.1, -0.05) is 20.8 Å². The topological polar surface area (TPSA) is 98.2 Å². The van der Waals surface area contributed by atoms with E-state index < -0.39 is 33.4 Å². The molecule has 4 aliphatic carbocycles. The summed E-state index contributed by atoms with van der Waals surface area (Å²) in [5.41, 5.74) is -0.596. The summed E-state index contributed by atoms with van der Waals surface area (Å²) in [5, 5.41) is 21.7. The number of fused-ring (bicyclic) bond motifs is 5. The lowest BCUT2D eigenvalue weighted by Crippen LogP contribution is -2.62. The second-order valence-corrected chi connectivity index (χ2v) is 19.5. The predicted octanol–water partition coefficient (Wildman–Crippen LogP) is 5.77. The van der Waals surface area contributed by atoms with Crippen LogP contribution in [0, 0.1) is 46.3 Å². The highest BCUT2D eigenvalue weighted by atomic mass is 32.2. The quantitative estimate of drug-likeness (QED) is 0.306. The predicted molar refractivity (Wildman–Crippen MR) is 177 cm³/mol. The molecular weight excluding hydrogens is 610 g/mol. The van der Waals surface area contributed by atoms with Crippen LogP contribution in [0.25, 0.3) is 0 Å². The van der Waals surface area contributed by atoms with Crippen LogP contribution in [0.5, 0.6) is 0 Å². The van der Waals surface area contributed by atoms with E-state index in [-0.39, 0.29) is 71.3 Å². The molecule has 1 amide bonds. The van der Waals surface area contributed by atoms with Crippen molar-refractivity contribution in [3.8, 4) is 0 Å². The molecule has 0 aromatic carbocycles. The number of nitrogens with zero attached hydrogens (tertiary/aromatic N) is 2. The van der Waals surface area contributed by atoms with E-state index in [0.29, 0.717) is 50.4 Å². The Bertz CT molecular complexity index is 1210. The number of amides is 1. The first-order valence-corrected chi connectivity index (χ1v) is 20.1. The lowest BCUT2D eigenvalue weighted by molar-refractivity contribution is -0.236. The van der Waals surface area contributed by atoms with Crippen LogP contribution < -0.4 is 0 Å². The molecule has 0 bridgehead atoms. The van der Waals surface area contributed by atoms with Crippen molar-refractivity contribution < 1.29 is 32.2 Å². The Hall–Kier alpha value is -0.840. The van der Waals surface area contributed by atoms with Crippen molar-refractivity contribution in [2.75, 3.05) is 24.6 Å². The number of sulfone groups is 1. The fourth-order valence-corrected chi connectivity index (χ4v) is 13.5. The Morgan fingerprint density at radius 2 is 1.57 bits per heavy atom. The average molecular weight is 673 g/mol. The minimum absolute atomic E-state index is 0.00505. The molecule has 0 spiro atoms. The summed E-state index contributed by atoms with van der Waals surface area (Å²) >= 11 is 0. The molecule has 5 aliphatic rings. The number of carbonyl (C=O) groups excluding carboxylic acids is 1. The zero-order valence-corrected chi connectivity index (χ0v) is 30.2. The lowest BCUT2D eigenvalue weighted by atomic mass is 9.43.